The number of carboxylic acids is 1. The van der Waals surface area contributed by atoms with Crippen molar-refractivity contribution in [1.82, 2.24) is 4.90 Å². The Kier molecular flexibility index (Phi) is 3.68. The van der Waals surface area contributed by atoms with Crippen LogP contribution in [-0.2, 0) is 9.59 Å². The van der Waals surface area contributed by atoms with Gasteiger partial charge in [0.05, 0.1) is 6.04 Å². The van der Waals surface area contributed by atoms with E-state index in [1.165, 1.54) is 4.90 Å². The third-order valence-corrected chi connectivity index (χ3v) is 2.82. The van der Waals surface area contributed by atoms with Crippen LogP contribution in [0.3, 0.4) is 0 Å². The Bertz CT molecular complexity index is 265. The molecular formula is C10H18N2O3. The summed E-state index contributed by atoms with van der Waals surface area (Å²) in [5.41, 5.74) is 5.72. The molecule has 0 aromatic carbocycles. The molecule has 0 radical (unpaired) electrons. The van der Waals surface area contributed by atoms with Gasteiger partial charge in [-0.25, -0.2) is 4.79 Å². The van der Waals surface area contributed by atoms with E-state index < -0.39 is 18.1 Å². The van der Waals surface area contributed by atoms with Gasteiger partial charge in [0.1, 0.15) is 6.04 Å². The maximum Gasteiger partial charge on any atom is 0.326 e. The number of carbonyl (C=O) groups is 2. The molecule has 5 heteroatoms. The highest BCUT2D eigenvalue weighted by Crippen LogP contribution is 2.19. The Hall–Kier alpha value is -1.10. The molecular weight excluding hydrogens is 196 g/mol. The number of carbonyl (C=O) groups excluding carboxylic acids is 1. The Labute approximate surface area is 89.2 Å². The molecule has 86 valence electrons. The second-order valence-electron chi connectivity index (χ2n) is 4.30. The number of likely N-dealkylation sites (tertiary alicyclic amines) is 1. The Morgan fingerprint density at radius 1 is 1.47 bits per heavy atom. The number of nitrogens with two attached hydrogens (primary N) is 1. The summed E-state index contributed by atoms with van der Waals surface area (Å²) >= 11 is 0. The van der Waals surface area contributed by atoms with E-state index in [1.54, 1.807) is 0 Å². The quantitative estimate of drug-likeness (QED) is 0.695. The van der Waals surface area contributed by atoms with Crippen molar-refractivity contribution in [2.24, 2.45) is 11.7 Å². The first-order valence-electron chi connectivity index (χ1n) is 5.24. The molecule has 1 heterocycles. The van der Waals surface area contributed by atoms with Crippen molar-refractivity contribution >= 4 is 11.9 Å². The van der Waals surface area contributed by atoms with Crippen molar-refractivity contribution in [3.05, 3.63) is 0 Å². The fourth-order valence-electron chi connectivity index (χ4n) is 1.76. The molecule has 0 aromatic rings. The summed E-state index contributed by atoms with van der Waals surface area (Å²) in [5, 5.41) is 8.92. The van der Waals surface area contributed by atoms with Gasteiger partial charge in [0.15, 0.2) is 0 Å². The van der Waals surface area contributed by atoms with E-state index >= 15 is 0 Å². The number of hydrogen-bond donors (Lipinski definition) is 2. The van der Waals surface area contributed by atoms with Crippen molar-refractivity contribution in [3.8, 4) is 0 Å². The zero-order chi connectivity index (χ0) is 11.6. The monoisotopic (exact) mass is 214 g/mol. The van der Waals surface area contributed by atoms with Gasteiger partial charge in [-0.2, -0.15) is 0 Å². The average Bonchev–Trinajstić information content (AvgIpc) is 2.63. The molecule has 1 saturated heterocycles. The SMILES string of the molecule is CC(C)C(N)C(=O)N1CCC[C@H]1C(=O)O. The number of nitrogens with zero attached hydrogens (tertiary/aromatic N) is 1. The van der Waals surface area contributed by atoms with Gasteiger partial charge < -0.3 is 15.7 Å². The Morgan fingerprint density at radius 3 is 2.53 bits per heavy atom. The third kappa shape index (κ3) is 2.47. The highest BCUT2D eigenvalue weighted by molar-refractivity contribution is 5.87. The molecule has 0 aromatic heterocycles. The first-order chi connectivity index (χ1) is 6.95. The smallest absolute Gasteiger partial charge is 0.326 e. The van der Waals surface area contributed by atoms with Gasteiger partial charge in [-0.1, -0.05) is 13.8 Å². The summed E-state index contributed by atoms with van der Waals surface area (Å²) in [6.45, 7) is 4.22. The van der Waals surface area contributed by atoms with Crippen LogP contribution >= 0.6 is 0 Å². The van der Waals surface area contributed by atoms with E-state index in [0.29, 0.717) is 13.0 Å². The van der Waals surface area contributed by atoms with Crippen molar-refractivity contribution in [2.45, 2.75) is 38.8 Å². The lowest BCUT2D eigenvalue weighted by atomic mass is 10.0. The molecule has 5 nitrogen and oxygen atoms in total. The molecule has 2 atom stereocenters. The highest BCUT2D eigenvalue weighted by Gasteiger charge is 2.36. The van der Waals surface area contributed by atoms with E-state index in [-0.39, 0.29) is 11.8 Å². The van der Waals surface area contributed by atoms with Crippen molar-refractivity contribution in [1.29, 1.82) is 0 Å². The van der Waals surface area contributed by atoms with Gasteiger partial charge in [0.25, 0.3) is 0 Å². The normalized spacial score (nSPS) is 23.2. The summed E-state index contributed by atoms with van der Waals surface area (Å²) in [6.07, 6.45) is 1.28. The Balaban J connectivity index is 2.70. The summed E-state index contributed by atoms with van der Waals surface area (Å²) in [4.78, 5) is 24.1. The van der Waals surface area contributed by atoms with Crippen LogP contribution in [0.25, 0.3) is 0 Å². The number of hydrogen-bond acceptors (Lipinski definition) is 3. The molecule has 3 N–H and O–H groups in total. The largest absolute Gasteiger partial charge is 0.480 e. The predicted molar refractivity (Wildman–Crippen MR) is 55.2 cm³/mol. The van der Waals surface area contributed by atoms with Crippen LogP contribution < -0.4 is 5.73 Å². The van der Waals surface area contributed by atoms with Crippen LogP contribution in [-0.4, -0.2) is 40.5 Å². The molecule has 1 rings (SSSR count). The van der Waals surface area contributed by atoms with Crippen LogP contribution in [0.2, 0.25) is 0 Å². The van der Waals surface area contributed by atoms with Gasteiger partial charge in [-0.05, 0) is 18.8 Å². The minimum Gasteiger partial charge on any atom is -0.480 e. The van der Waals surface area contributed by atoms with E-state index in [4.69, 9.17) is 10.8 Å². The van der Waals surface area contributed by atoms with Gasteiger partial charge >= 0.3 is 5.97 Å². The number of rotatable bonds is 3. The van der Waals surface area contributed by atoms with E-state index in [2.05, 4.69) is 0 Å². The molecule has 0 aliphatic carbocycles. The fraction of sp³-hybridized carbons (Fsp3) is 0.800. The van der Waals surface area contributed by atoms with Crippen LogP contribution in [0.5, 0.6) is 0 Å². The predicted octanol–water partition coefficient (Wildman–Crippen LogP) is 0.0453. The number of carboxylic acid groups (broad SMARTS) is 1. The van der Waals surface area contributed by atoms with Crippen molar-refractivity contribution in [3.63, 3.8) is 0 Å². The number of amides is 1. The summed E-state index contributed by atoms with van der Waals surface area (Å²) in [5.74, 6) is -1.14. The number of aliphatic carboxylic acids is 1. The highest BCUT2D eigenvalue weighted by atomic mass is 16.4. The second kappa shape index (κ2) is 4.61. The van der Waals surface area contributed by atoms with Crippen LogP contribution in [0.4, 0.5) is 0 Å². The zero-order valence-corrected chi connectivity index (χ0v) is 9.14. The second-order valence-corrected chi connectivity index (χ2v) is 4.30. The van der Waals surface area contributed by atoms with Crippen molar-refractivity contribution in [2.75, 3.05) is 6.54 Å². The first-order valence-corrected chi connectivity index (χ1v) is 5.24. The Morgan fingerprint density at radius 2 is 2.07 bits per heavy atom. The minimum absolute atomic E-state index is 0.0348. The summed E-state index contributed by atoms with van der Waals surface area (Å²) in [6, 6.07) is -1.27. The lowest BCUT2D eigenvalue weighted by Gasteiger charge is -2.26. The lowest BCUT2D eigenvalue weighted by molar-refractivity contribution is -0.149. The molecule has 1 unspecified atom stereocenters. The first kappa shape index (κ1) is 12.0. The van der Waals surface area contributed by atoms with Gasteiger partial charge in [-0.3, -0.25) is 4.79 Å². The average molecular weight is 214 g/mol. The van der Waals surface area contributed by atoms with E-state index in [0.717, 1.165) is 6.42 Å². The zero-order valence-electron chi connectivity index (χ0n) is 9.14. The van der Waals surface area contributed by atoms with E-state index in [1.807, 2.05) is 13.8 Å². The van der Waals surface area contributed by atoms with Crippen LogP contribution in [0.15, 0.2) is 0 Å². The molecule has 1 aliphatic rings. The van der Waals surface area contributed by atoms with E-state index in [9.17, 15) is 9.59 Å². The topological polar surface area (TPSA) is 83.6 Å². The fourth-order valence-corrected chi connectivity index (χ4v) is 1.76. The molecule has 0 spiro atoms. The molecule has 1 fully saturated rings. The van der Waals surface area contributed by atoms with Crippen molar-refractivity contribution < 1.29 is 14.7 Å². The standard InChI is InChI=1S/C10H18N2O3/c1-6(2)8(11)9(13)12-5-3-4-7(12)10(14)15/h6-8H,3-5,11H2,1-2H3,(H,14,15)/t7-,8?/m0/s1. The molecule has 1 aliphatic heterocycles. The van der Waals surface area contributed by atoms with Gasteiger partial charge in [-0.15, -0.1) is 0 Å². The molecule has 0 bridgehead atoms. The third-order valence-electron chi connectivity index (χ3n) is 2.82. The minimum atomic E-state index is -0.934. The summed E-state index contributed by atoms with van der Waals surface area (Å²) < 4.78 is 0. The maximum absolute atomic E-state index is 11.8. The lowest BCUT2D eigenvalue weighted by Crippen LogP contribution is -2.50. The summed E-state index contributed by atoms with van der Waals surface area (Å²) in [7, 11) is 0. The van der Waals surface area contributed by atoms with Gasteiger partial charge in [0, 0.05) is 6.54 Å². The molecule has 15 heavy (non-hydrogen) atoms. The molecule has 1 amide bonds. The maximum atomic E-state index is 11.8. The van der Waals surface area contributed by atoms with Gasteiger partial charge in [0.2, 0.25) is 5.91 Å². The molecule has 0 saturated carbocycles. The van der Waals surface area contributed by atoms with Crippen LogP contribution in [0, 0.1) is 5.92 Å². The van der Waals surface area contributed by atoms with Crippen LogP contribution in [0.1, 0.15) is 26.7 Å².